The largest absolute Gasteiger partial charge is 0.422 e. The zero-order valence-electron chi connectivity index (χ0n) is 13.3. The minimum absolute atomic E-state index is 0.367. The number of carbonyl (C=O) groups excluding carboxylic acids is 1. The van der Waals surface area contributed by atoms with Crippen LogP contribution in [0.5, 0.6) is 5.75 Å². The molecule has 5 nitrogen and oxygen atoms in total. The van der Waals surface area contributed by atoms with E-state index in [0.29, 0.717) is 16.4 Å². The predicted molar refractivity (Wildman–Crippen MR) is 106 cm³/mol. The van der Waals surface area contributed by atoms with Gasteiger partial charge in [0.1, 0.15) is 22.8 Å². The molecule has 0 atom stereocenters. The monoisotopic (exact) mass is 425 g/mol. The lowest BCUT2D eigenvalue weighted by Gasteiger charge is -2.10. The summed E-state index contributed by atoms with van der Waals surface area (Å²) in [6.45, 7) is 0. The minimum Gasteiger partial charge on any atom is -0.422 e. The highest BCUT2D eigenvalue weighted by atomic mass is 79.9. The summed E-state index contributed by atoms with van der Waals surface area (Å²) in [5, 5.41) is 5.99. The topological polar surface area (TPSA) is 64.1 Å². The zero-order chi connectivity index (χ0) is 17.9. The quantitative estimate of drug-likeness (QED) is 0.349. The number of rotatable bonds is 4. The summed E-state index contributed by atoms with van der Waals surface area (Å²) >= 11 is 4.82. The molecular formula is C19H12BrN3O2S. The molecule has 2 aromatic carbocycles. The van der Waals surface area contributed by atoms with Crippen molar-refractivity contribution in [2.24, 2.45) is 0 Å². The van der Waals surface area contributed by atoms with E-state index in [4.69, 9.17) is 4.74 Å². The lowest BCUT2D eigenvalue weighted by Crippen LogP contribution is -2.06. The van der Waals surface area contributed by atoms with E-state index in [0.717, 1.165) is 21.1 Å². The van der Waals surface area contributed by atoms with Crippen LogP contribution >= 0.6 is 27.3 Å². The SMILES string of the molecule is O=C(Oc1cccc(Nc2ncnc3ccc(Br)cc23)c1)c1cccs1. The van der Waals surface area contributed by atoms with Gasteiger partial charge < -0.3 is 10.1 Å². The van der Waals surface area contributed by atoms with Crippen molar-refractivity contribution in [1.82, 2.24) is 9.97 Å². The van der Waals surface area contributed by atoms with Crippen LogP contribution in [0.3, 0.4) is 0 Å². The molecule has 7 heteroatoms. The summed E-state index contributed by atoms with van der Waals surface area (Å²) in [6, 6.07) is 16.6. The fourth-order valence-corrected chi connectivity index (χ4v) is 3.41. The van der Waals surface area contributed by atoms with Gasteiger partial charge in [-0.15, -0.1) is 11.3 Å². The zero-order valence-corrected chi connectivity index (χ0v) is 15.8. The predicted octanol–water partition coefficient (Wildman–Crippen LogP) is 5.42. The molecule has 0 fully saturated rings. The molecule has 1 N–H and O–H groups in total. The molecule has 0 aliphatic heterocycles. The Kier molecular flexibility index (Phi) is 4.64. The van der Waals surface area contributed by atoms with E-state index >= 15 is 0 Å². The summed E-state index contributed by atoms with van der Waals surface area (Å²) < 4.78 is 6.38. The molecule has 4 rings (SSSR count). The fraction of sp³-hybridized carbons (Fsp3) is 0. The van der Waals surface area contributed by atoms with Crippen LogP contribution in [0.4, 0.5) is 11.5 Å². The van der Waals surface area contributed by atoms with Gasteiger partial charge >= 0.3 is 5.97 Å². The third kappa shape index (κ3) is 3.58. The Morgan fingerprint density at radius 1 is 1.08 bits per heavy atom. The number of halogens is 1. The molecule has 2 aromatic heterocycles. The van der Waals surface area contributed by atoms with Gasteiger partial charge in [0, 0.05) is 21.6 Å². The summed E-state index contributed by atoms with van der Waals surface area (Å²) in [7, 11) is 0. The molecule has 0 saturated heterocycles. The number of hydrogen-bond donors (Lipinski definition) is 1. The molecule has 0 aliphatic rings. The number of ether oxygens (including phenoxy) is 1. The van der Waals surface area contributed by atoms with Gasteiger partial charge in [-0.3, -0.25) is 0 Å². The van der Waals surface area contributed by atoms with Crippen LogP contribution < -0.4 is 10.1 Å². The number of aromatic nitrogens is 2. The normalized spacial score (nSPS) is 10.7. The molecule has 0 spiro atoms. The van der Waals surface area contributed by atoms with Crippen LogP contribution in [0.15, 0.2) is 70.8 Å². The molecule has 26 heavy (non-hydrogen) atoms. The molecule has 0 unspecified atom stereocenters. The van der Waals surface area contributed by atoms with Crippen LogP contribution in [-0.4, -0.2) is 15.9 Å². The number of nitrogens with zero attached hydrogens (tertiary/aromatic N) is 2. The van der Waals surface area contributed by atoms with Gasteiger partial charge in [0.15, 0.2) is 0 Å². The van der Waals surface area contributed by atoms with E-state index in [-0.39, 0.29) is 5.97 Å². The molecule has 2 heterocycles. The number of nitrogens with one attached hydrogen (secondary N) is 1. The molecule has 128 valence electrons. The molecular weight excluding hydrogens is 414 g/mol. The average Bonchev–Trinajstić information content (AvgIpc) is 3.17. The third-order valence-corrected chi connectivity index (χ3v) is 4.97. The highest BCUT2D eigenvalue weighted by molar-refractivity contribution is 9.10. The van der Waals surface area contributed by atoms with Gasteiger partial charge in [0.2, 0.25) is 0 Å². The van der Waals surface area contributed by atoms with E-state index in [1.807, 2.05) is 41.8 Å². The first kappa shape index (κ1) is 16.7. The van der Waals surface area contributed by atoms with Gasteiger partial charge in [-0.05, 0) is 41.8 Å². The first-order valence-electron chi connectivity index (χ1n) is 7.72. The van der Waals surface area contributed by atoms with Crippen molar-refractivity contribution in [3.05, 3.63) is 75.7 Å². The summed E-state index contributed by atoms with van der Waals surface area (Å²) in [4.78, 5) is 21.3. The molecule has 0 bridgehead atoms. The average molecular weight is 426 g/mol. The highest BCUT2D eigenvalue weighted by Crippen LogP contribution is 2.27. The Labute approximate surface area is 161 Å². The highest BCUT2D eigenvalue weighted by Gasteiger charge is 2.10. The van der Waals surface area contributed by atoms with Crippen LogP contribution in [0.2, 0.25) is 0 Å². The number of carbonyl (C=O) groups is 1. The molecule has 0 aliphatic carbocycles. The first-order valence-corrected chi connectivity index (χ1v) is 9.39. The van der Waals surface area contributed by atoms with E-state index < -0.39 is 0 Å². The molecule has 0 radical (unpaired) electrons. The van der Waals surface area contributed by atoms with Crippen LogP contribution in [0, 0.1) is 0 Å². The van der Waals surface area contributed by atoms with E-state index in [1.165, 1.54) is 17.7 Å². The lowest BCUT2D eigenvalue weighted by atomic mass is 10.2. The van der Waals surface area contributed by atoms with Crippen molar-refractivity contribution < 1.29 is 9.53 Å². The van der Waals surface area contributed by atoms with Crippen LogP contribution in [-0.2, 0) is 0 Å². The number of thiophene rings is 1. The van der Waals surface area contributed by atoms with Gasteiger partial charge in [-0.25, -0.2) is 14.8 Å². The van der Waals surface area contributed by atoms with Crippen molar-refractivity contribution in [2.45, 2.75) is 0 Å². The smallest absolute Gasteiger partial charge is 0.353 e. The Hall–Kier alpha value is -2.77. The second kappa shape index (κ2) is 7.23. The van der Waals surface area contributed by atoms with Crippen molar-refractivity contribution in [1.29, 1.82) is 0 Å². The number of anilines is 2. The van der Waals surface area contributed by atoms with E-state index in [9.17, 15) is 4.79 Å². The van der Waals surface area contributed by atoms with Crippen molar-refractivity contribution in [2.75, 3.05) is 5.32 Å². The maximum absolute atomic E-state index is 12.1. The first-order chi connectivity index (χ1) is 12.7. The number of fused-ring (bicyclic) bond motifs is 1. The summed E-state index contributed by atoms with van der Waals surface area (Å²) in [5.41, 5.74) is 1.60. The molecule has 0 saturated carbocycles. The lowest BCUT2D eigenvalue weighted by molar-refractivity contribution is 0.0740. The Morgan fingerprint density at radius 2 is 2.00 bits per heavy atom. The van der Waals surface area contributed by atoms with Gasteiger partial charge in [-0.2, -0.15) is 0 Å². The van der Waals surface area contributed by atoms with Crippen LogP contribution in [0.1, 0.15) is 9.67 Å². The van der Waals surface area contributed by atoms with Gasteiger partial charge in [0.25, 0.3) is 0 Å². The van der Waals surface area contributed by atoms with E-state index in [1.54, 1.807) is 18.2 Å². The van der Waals surface area contributed by atoms with Crippen molar-refractivity contribution in [3.8, 4) is 5.75 Å². The van der Waals surface area contributed by atoms with Crippen molar-refractivity contribution >= 4 is 55.6 Å². The maximum atomic E-state index is 12.1. The Morgan fingerprint density at radius 3 is 2.85 bits per heavy atom. The summed E-state index contributed by atoms with van der Waals surface area (Å²) in [5.74, 6) is 0.777. The number of benzene rings is 2. The standard InChI is InChI=1S/C19H12BrN3O2S/c20-12-6-7-16-15(9-12)18(22-11-21-16)23-13-3-1-4-14(10-13)25-19(24)17-5-2-8-26-17/h1-11H,(H,21,22,23). The second-order valence-corrected chi connectivity index (χ2v) is 7.27. The Bertz CT molecular complexity index is 1080. The summed E-state index contributed by atoms with van der Waals surface area (Å²) in [6.07, 6.45) is 1.51. The van der Waals surface area contributed by atoms with Gasteiger partial charge in [-0.1, -0.05) is 28.1 Å². The molecule has 0 amide bonds. The number of esters is 1. The molecule has 4 aromatic rings. The van der Waals surface area contributed by atoms with E-state index in [2.05, 4.69) is 31.2 Å². The van der Waals surface area contributed by atoms with Crippen LogP contribution in [0.25, 0.3) is 10.9 Å². The number of hydrogen-bond acceptors (Lipinski definition) is 6. The fourth-order valence-electron chi connectivity index (χ4n) is 2.45. The van der Waals surface area contributed by atoms with Gasteiger partial charge in [0.05, 0.1) is 5.52 Å². The second-order valence-electron chi connectivity index (χ2n) is 5.40. The third-order valence-electron chi connectivity index (χ3n) is 3.63. The Balaban J connectivity index is 1.60. The minimum atomic E-state index is -0.367. The van der Waals surface area contributed by atoms with Crippen molar-refractivity contribution in [3.63, 3.8) is 0 Å². The maximum Gasteiger partial charge on any atom is 0.353 e.